The van der Waals surface area contributed by atoms with Gasteiger partial charge in [-0.15, -0.1) is 0 Å². The quantitative estimate of drug-likeness (QED) is 0.790. The van der Waals surface area contributed by atoms with Crippen LogP contribution in [0.2, 0.25) is 0 Å². The predicted molar refractivity (Wildman–Crippen MR) is 69.7 cm³/mol. The molecule has 0 amide bonds. The lowest BCUT2D eigenvalue weighted by Crippen LogP contribution is -2.58. The molecule has 1 saturated heterocycles. The average molecular weight is 224 g/mol. The Labute approximate surface area is 101 Å². The largest absolute Gasteiger partial charge is 0.314 e. The van der Waals surface area contributed by atoms with Gasteiger partial charge in [0.2, 0.25) is 0 Å². The third-order valence-corrected chi connectivity index (χ3v) is 4.76. The van der Waals surface area contributed by atoms with Gasteiger partial charge in [0.25, 0.3) is 0 Å². The van der Waals surface area contributed by atoms with Crippen molar-refractivity contribution in [3.05, 3.63) is 0 Å². The molecule has 1 N–H and O–H groups in total. The van der Waals surface area contributed by atoms with E-state index in [9.17, 15) is 0 Å². The van der Waals surface area contributed by atoms with Crippen LogP contribution in [0.15, 0.2) is 0 Å². The molecule has 2 nitrogen and oxygen atoms in total. The van der Waals surface area contributed by atoms with Crippen LogP contribution in [-0.4, -0.2) is 36.1 Å². The molecule has 0 aromatic heterocycles. The van der Waals surface area contributed by atoms with Gasteiger partial charge in [-0.05, 0) is 51.5 Å². The molecule has 1 saturated carbocycles. The SMILES string of the molecule is CCCNC1CCN(C2(C)CCC2)CC1C. The molecule has 0 radical (unpaired) electrons. The molecule has 2 aliphatic rings. The topological polar surface area (TPSA) is 15.3 Å². The molecule has 0 aromatic carbocycles. The van der Waals surface area contributed by atoms with Gasteiger partial charge in [0, 0.05) is 24.7 Å². The summed E-state index contributed by atoms with van der Waals surface area (Å²) in [5.41, 5.74) is 0.560. The Hall–Kier alpha value is -0.0800. The van der Waals surface area contributed by atoms with Gasteiger partial charge >= 0.3 is 0 Å². The van der Waals surface area contributed by atoms with Crippen LogP contribution in [0.3, 0.4) is 0 Å². The van der Waals surface area contributed by atoms with E-state index in [2.05, 4.69) is 31.0 Å². The summed E-state index contributed by atoms with van der Waals surface area (Å²) in [5, 5.41) is 3.70. The lowest BCUT2D eigenvalue weighted by atomic mass is 9.75. The van der Waals surface area contributed by atoms with Gasteiger partial charge in [-0.1, -0.05) is 13.8 Å². The monoisotopic (exact) mass is 224 g/mol. The summed E-state index contributed by atoms with van der Waals surface area (Å²) in [7, 11) is 0. The highest BCUT2D eigenvalue weighted by atomic mass is 15.2. The number of likely N-dealkylation sites (tertiary alicyclic amines) is 1. The van der Waals surface area contributed by atoms with Crippen molar-refractivity contribution in [2.24, 2.45) is 5.92 Å². The fourth-order valence-corrected chi connectivity index (χ4v) is 3.27. The van der Waals surface area contributed by atoms with Gasteiger partial charge in [-0.3, -0.25) is 4.90 Å². The number of nitrogens with one attached hydrogen (secondary N) is 1. The van der Waals surface area contributed by atoms with E-state index in [0.717, 1.165) is 12.0 Å². The van der Waals surface area contributed by atoms with E-state index in [0.29, 0.717) is 5.54 Å². The van der Waals surface area contributed by atoms with Gasteiger partial charge in [0.15, 0.2) is 0 Å². The van der Waals surface area contributed by atoms with Crippen LogP contribution in [0.1, 0.15) is 52.9 Å². The van der Waals surface area contributed by atoms with E-state index in [1.54, 1.807) is 0 Å². The van der Waals surface area contributed by atoms with Crippen molar-refractivity contribution in [1.29, 1.82) is 0 Å². The molecule has 1 aliphatic heterocycles. The molecule has 2 unspecified atom stereocenters. The van der Waals surface area contributed by atoms with Gasteiger partial charge in [-0.2, -0.15) is 0 Å². The molecule has 0 bridgehead atoms. The minimum atomic E-state index is 0.560. The number of nitrogens with zero attached hydrogens (tertiary/aromatic N) is 1. The second-order valence-corrected chi connectivity index (χ2v) is 6.12. The number of piperidine rings is 1. The van der Waals surface area contributed by atoms with E-state index >= 15 is 0 Å². The summed E-state index contributed by atoms with van der Waals surface area (Å²) in [6.07, 6.45) is 6.89. The average Bonchev–Trinajstić information content (AvgIpc) is 2.24. The second kappa shape index (κ2) is 5.05. The molecule has 0 aromatic rings. The highest BCUT2D eigenvalue weighted by Gasteiger charge is 2.40. The molecule has 16 heavy (non-hydrogen) atoms. The van der Waals surface area contributed by atoms with Crippen LogP contribution in [0.5, 0.6) is 0 Å². The van der Waals surface area contributed by atoms with Crippen LogP contribution >= 0.6 is 0 Å². The highest BCUT2D eigenvalue weighted by molar-refractivity contribution is 4.97. The van der Waals surface area contributed by atoms with Gasteiger partial charge in [-0.25, -0.2) is 0 Å². The van der Waals surface area contributed by atoms with E-state index in [-0.39, 0.29) is 0 Å². The van der Waals surface area contributed by atoms with Crippen molar-refractivity contribution in [2.45, 2.75) is 64.5 Å². The zero-order valence-electron chi connectivity index (χ0n) is 11.3. The summed E-state index contributed by atoms with van der Waals surface area (Å²) >= 11 is 0. The second-order valence-electron chi connectivity index (χ2n) is 6.12. The van der Waals surface area contributed by atoms with Crippen LogP contribution in [0.4, 0.5) is 0 Å². The highest BCUT2D eigenvalue weighted by Crippen LogP contribution is 2.39. The van der Waals surface area contributed by atoms with Gasteiger partial charge in [0.05, 0.1) is 0 Å². The van der Waals surface area contributed by atoms with Gasteiger partial charge < -0.3 is 5.32 Å². The van der Waals surface area contributed by atoms with Crippen LogP contribution in [-0.2, 0) is 0 Å². The Balaban J connectivity index is 1.82. The predicted octanol–water partition coefficient (Wildman–Crippen LogP) is 2.64. The Morgan fingerprint density at radius 1 is 1.38 bits per heavy atom. The molecule has 1 aliphatic carbocycles. The van der Waals surface area contributed by atoms with E-state index in [1.807, 2.05) is 0 Å². The summed E-state index contributed by atoms with van der Waals surface area (Å²) in [6, 6.07) is 0.764. The smallest absolute Gasteiger partial charge is 0.0181 e. The first-order chi connectivity index (χ1) is 7.65. The maximum atomic E-state index is 3.70. The zero-order valence-corrected chi connectivity index (χ0v) is 11.3. The Bertz CT molecular complexity index is 223. The lowest BCUT2D eigenvalue weighted by Gasteiger charge is -2.52. The fourth-order valence-electron chi connectivity index (χ4n) is 3.27. The first-order valence-corrected chi connectivity index (χ1v) is 7.14. The summed E-state index contributed by atoms with van der Waals surface area (Å²) < 4.78 is 0. The number of rotatable bonds is 4. The zero-order chi connectivity index (χ0) is 11.6. The Kier molecular flexibility index (Phi) is 3.91. The van der Waals surface area contributed by atoms with E-state index in [1.165, 1.54) is 51.7 Å². The van der Waals surface area contributed by atoms with E-state index < -0.39 is 0 Å². The van der Waals surface area contributed by atoms with E-state index in [4.69, 9.17) is 0 Å². The number of hydrogen-bond acceptors (Lipinski definition) is 2. The maximum absolute atomic E-state index is 3.70. The lowest BCUT2D eigenvalue weighted by molar-refractivity contribution is -0.00699. The molecule has 2 heteroatoms. The van der Waals surface area contributed by atoms with Crippen LogP contribution in [0.25, 0.3) is 0 Å². The Morgan fingerprint density at radius 3 is 2.62 bits per heavy atom. The fraction of sp³-hybridized carbons (Fsp3) is 1.00. The van der Waals surface area contributed by atoms with Crippen LogP contribution < -0.4 is 5.32 Å². The molecular weight excluding hydrogens is 196 g/mol. The Morgan fingerprint density at radius 2 is 2.12 bits per heavy atom. The van der Waals surface area contributed by atoms with Gasteiger partial charge in [0.1, 0.15) is 0 Å². The third kappa shape index (κ3) is 2.43. The van der Waals surface area contributed by atoms with Crippen molar-refractivity contribution < 1.29 is 0 Å². The minimum Gasteiger partial charge on any atom is -0.314 e. The third-order valence-electron chi connectivity index (χ3n) is 4.76. The van der Waals surface area contributed by atoms with Crippen molar-refractivity contribution in [3.63, 3.8) is 0 Å². The molecule has 0 spiro atoms. The summed E-state index contributed by atoms with van der Waals surface area (Å²) in [6.45, 7) is 10.9. The maximum Gasteiger partial charge on any atom is 0.0181 e. The molecular formula is C14H28N2. The molecule has 2 atom stereocenters. The van der Waals surface area contributed by atoms with Crippen molar-refractivity contribution in [1.82, 2.24) is 10.2 Å². The first kappa shape index (κ1) is 12.4. The molecule has 2 rings (SSSR count). The standard InChI is InChI=1S/C14H28N2/c1-4-9-15-13-6-10-16(11-12(13)2)14(3)7-5-8-14/h12-13,15H,4-11H2,1-3H3. The summed E-state index contributed by atoms with van der Waals surface area (Å²) in [5.74, 6) is 0.817. The van der Waals surface area contributed by atoms with Crippen molar-refractivity contribution >= 4 is 0 Å². The minimum absolute atomic E-state index is 0.560. The number of hydrogen-bond donors (Lipinski definition) is 1. The van der Waals surface area contributed by atoms with Crippen molar-refractivity contribution in [3.8, 4) is 0 Å². The van der Waals surface area contributed by atoms with Crippen LogP contribution in [0, 0.1) is 5.92 Å². The first-order valence-electron chi connectivity index (χ1n) is 7.14. The molecule has 94 valence electrons. The molecule has 1 heterocycles. The summed E-state index contributed by atoms with van der Waals surface area (Å²) in [4.78, 5) is 2.76. The molecule has 2 fully saturated rings. The van der Waals surface area contributed by atoms with Crippen molar-refractivity contribution in [2.75, 3.05) is 19.6 Å². The normalized spacial score (nSPS) is 34.7.